The molecule has 1 aromatic heterocycles. The van der Waals surface area contributed by atoms with Crippen molar-refractivity contribution in [2.24, 2.45) is 0 Å². The van der Waals surface area contributed by atoms with E-state index in [2.05, 4.69) is 15.2 Å². The van der Waals surface area contributed by atoms with Crippen LogP contribution in [0.4, 0.5) is 0 Å². The molecule has 0 saturated heterocycles. The lowest BCUT2D eigenvalue weighted by Gasteiger charge is -1.99. The summed E-state index contributed by atoms with van der Waals surface area (Å²) in [5.41, 5.74) is 0.625. The predicted octanol–water partition coefficient (Wildman–Crippen LogP) is 0.785. The van der Waals surface area contributed by atoms with Gasteiger partial charge in [0.1, 0.15) is 0 Å². The molecule has 0 bridgehead atoms. The fourth-order valence-electron chi connectivity index (χ4n) is 1.12. The van der Waals surface area contributed by atoms with Crippen LogP contribution in [0.25, 0.3) is 11.4 Å². The molecular weight excluding hydrogens is 230 g/mol. The Morgan fingerprint density at radius 2 is 1.81 bits per heavy atom. The first-order chi connectivity index (χ1) is 7.57. The highest BCUT2D eigenvalue weighted by Crippen LogP contribution is 2.14. The smallest absolute Gasteiger partial charge is 0.281 e. The fourth-order valence-corrected chi connectivity index (χ4v) is 1.50. The molecule has 1 N–H and O–H groups in total. The highest BCUT2D eigenvalue weighted by Gasteiger charge is 2.13. The number of rotatable bonds is 2. The third kappa shape index (κ3) is 2.20. The molecule has 1 heterocycles. The summed E-state index contributed by atoms with van der Waals surface area (Å²) in [6, 6.07) is 8.76. The third-order valence-corrected chi connectivity index (χ3v) is 2.56. The van der Waals surface area contributed by atoms with Gasteiger partial charge in [0.2, 0.25) is 5.03 Å². The second-order valence-corrected chi connectivity index (χ2v) is 4.33. The minimum atomic E-state index is -4.35. The van der Waals surface area contributed by atoms with E-state index < -0.39 is 15.1 Å². The Balaban J connectivity index is 2.53. The lowest BCUT2D eigenvalue weighted by molar-refractivity contribution is 0.478. The maximum atomic E-state index is 10.8. The molecule has 2 aromatic rings. The molecular formula is C9H7N3O3S. The van der Waals surface area contributed by atoms with Crippen molar-refractivity contribution in [3.63, 3.8) is 0 Å². The SMILES string of the molecule is O=S(=O)(O)c1cnnc(-c2ccccc2)n1. The molecule has 0 atom stereocenters. The molecule has 82 valence electrons. The average molecular weight is 237 g/mol. The first kappa shape index (κ1) is 10.7. The number of nitrogens with zero attached hydrogens (tertiary/aromatic N) is 3. The van der Waals surface area contributed by atoms with Crippen molar-refractivity contribution < 1.29 is 13.0 Å². The van der Waals surface area contributed by atoms with Gasteiger partial charge in [-0.05, 0) is 0 Å². The second-order valence-electron chi connectivity index (χ2n) is 2.96. The molecule has 2 rings (SSSR count). The molecule has 0 saturated carbocycles. The minimum absolute atomic E-state index is 0.149. The topological polar surface area (TPSA) is 93.0 Å². The molecule has 0 radical (unpaired) electrons. The minimum Gasteiger partial charge on any atom is -0.281 e. The largest absolute Gasteiger partial charge is 0.313 e. The van der Waals surface area contributed by atoms with Crippen LogP contribution in [0.3, 0.4) is 0 Å². The lowest BCUT2D eigenvalue weighted by atomic mass is 10.2. The van der Waals surface area contributed by atoms with Crippen LogP contribution in [-0.2, 0) is 10.1 Å². The zero-order valence-corrected chi connectivity index (χ0v) is 8.79. The number of aromatic nitrogens is 3. The summed E-state index contributed by atoms with van der Waals surface area (Å²) in [4.78, 5) is 3.70. The maximum Gasteiger partial charge on any atom is 0.313 e. The Hall–Kier alpha value is -1.86. The van der Waals surface area contributed by atoms with Crippen LogP contribution < -0.4 is 0 Å². The molecule has 16 heavy (non-hydrogen) atoms. The first-order valence-electron chi connectivity index (χ1n) is 4.30. The molecule has 0 unspecified atom stereocenters. The van der Waals surface area contributed by atoms with E-state index in [4.69, 9.17) is 4.55 Å². The standard InChI is InChI=1S/C9H7N3O3S/c13-16(14,15)8-6-10-12-9(11-8)7-4-2-1-3-5-7/h1-6H,(H,13,14,15). The first-order valence-corrected chi connectivity index (χ1v) is 5.74. The van der Waals surface area contributed by atoms with Crippen LogP contribution in [-0.4, -0.2) is 28.2 Å². The zero-order valence-electron chi connectivity index (χ0n) is 7.98. The Kier molecular flexibility index (Phi) is 2.63. The Morgan fingerprint density at radius 1 is 1.12 bits per heavy atom. The summed E-state index contributed by atoms with van der Waals surface area (Å²) in [5, 5.41) is 6.65. The van der Waals surface area contributed by atoms with Gasteiger partial charge in [-0.25, -0.2) is 4.98 Å². The molecule has 0 spiro atoms. The van der Waals surface area contributed by atoms with E-state index in [9.17, 15) is 8.42 Å². The molecule has 6 nitrogen and oxygen atoms in total. The number of benzene rings is 1. The van der Waals surface area contributed by atoms with E-state index in [1.54, 1.807) is 24.3 Å². The van der Waals surface area contributed by atoms with Crippen molar-refractivity contribution in [2.75, 3.05) is 0 Å². The van der Waals surface area contributed by atoms with Crippen molar-refractivity contribution in [1.29, 1.82) is 0 Å². The normalized spacial score (nSPS) is 11.3. The van der Waals surface area contributed by atoms with Gasteiger partial charge in [0, 0.05) is 5.56 Å². The highest BCUT2D eigenvalue weighted by atomic mass is 32.2. The van der Waals surface area contributed by atoms with E-state index in [1.807, 2.05) is 6.07 Å². The summed E-state index contributed by atoms with van der Waals surface area (Å²) in [7, 11) is -4.35. The van der Waals surface area contributed by atoms with Crippen molar-refractivity contribution in [3.8, 4) is 11.4 Å². The monoisotopic (exact) mass is 237 g/mol. The number of hydrogen-bond acceptors (Lipinski definition) is 5. The van der Waals surface area contributed by atoms with Gasteiger partial charge >= 0.3 is 10.1 Å². The van der Waals surface area contributed by atoms with Gasteiger partial charge in [-0.3, -0.25) is 4.55 Å². The summed E-state index contributed by atoms with van der Waals surface area (Å²) in [5.74, 6) is 0.149. The molecule has 0 aliphatic heterocycles. The number of hydrogen-bond donors (Lipinski definition) is 1. The highest BCUT2D eigenvalue weighted by molar-refractivity contribution is 7.85. The van der Waals surface area contributed by atoms with Gasteiger partial charge in [0.25, 0.3) is 0 Å². The quantitative estimate of drug-likeness (QED) is 0.776. The van der Waals surface area contributed by atoms with E-state index in [0.717, 1.165) is 6.20 Å². The van der Waals surface area contributed by atoms with Gasteiger partial charge in [-0.15, -0.1) is 5.10 Å². The molecule has 0 aliphatic carbocycles. The Morgan fingerprint density at radius 3 is 2.44 bits per heavy atom. The predicted molar refractivity (Wildman–Crippen MR) is 55.1 cm³/mol. The fraction of sp³-hybridized carbons (Fsp3) is 0. The molecule has 0 amide bonds. The average Bonchev–Trinajstić information content (AvgIpc) is 2.29. The van der Waals surface area contributed by atoms with Crippen LogP contribution in [0.2, 0.25) is 0 Å². The van der Waals surface area contributed by atoms with Crippen molar-refractivity contribution >= 4 is 10.1 Å². The summed E-state index contributed by atoms with van der Waals surface area (Å²) in [6.45, 7) is 0. The van der Waals surface area contributed by atoms with Crippen LogP contribution in [0.1, 0.15) is 0 Å². The van der Waals surface area contributed by atoms with Gasteiger partial charge < -0.3 is 0 Å². The Labute approximate surface area is 91.7 Å². The van der Waals surface area contributed by atoms with Crippen molar-refractivity contribution in [2.45, 2.75) is 5.03 Å². The van der Waals surface area contributed by atoms with Crippen LogP contribution in [0, 0.1) is 0 Å². The van der Waals surface area contributed by atoms with E-state index in [-0.39, 0.29) is 5.82 Å². The van der Waals surface area contributed by atoms with Crippen LogP contribution in [0.15, 0.2) is 41.6 Å². The molecule has 1 aromatic carbocycles. The van der Waals surface area contributed by atoms with Crippen LogP contribution in [0.5, 0.6) is 0 Å². The zero-order chi connectivity index (χ0) is 11.6. The van der Waals surface area contributed by atoms with Gasteiger partial charge in [-0.2, -0.15) is 13.5 Å². The van der Waals surface area contributed by atoms with E-state index in [0.29, 0.717) is 5.56 Å². The van der Waals surface area contributed by atoms with Crippen molar-refractivity contribution in [1.82, 2.24) is 15.2 Å². The van der Waals surface area contributed by atoms with Crippen LogP contribution >= 0.6 is 0 Å². The molecule has 7 heteroatoms. The third-order valence-electron chi connectivity index (χ3n) is 1.83. The summed E-state index contributed by atoms with van der Waals surface area (Å²) in [6.07, 6.45) is 0.891. The van der Waals surface area contributed by atoms with E-state index in [1.165, 1.54) is 0 Å². The van der Waals surface area contributed by atoms with Gasteiger partial charge in [0.05, 0.1) is 6.20 Å². The maximum absolute atomic E-state index is 10.8. The van der Waals surface area contributed by atoms with Gasteiger partial charge in [0.15, 0.2) is 5.82 Å². The lowest BCUT2D eigenvalue weighted by Crippen LogP contribution is -2.04. The second kappa shape index (κ2) is 3.95. The summed E-state index contributed by atoms with van der Waals surface area (Å²) >= 11 is 0. The van der Waals surface area contributed by atoms with E-state index >= 15 is 0 Å². The molecule has 0 aliphatic rings. The van der Waals surface area contributed by atoms with Crippen molar-refractivity contribution in [3.05, 3.63) is 36.5 Å². The summed E-state index contributed by atoms with van der Waals surface area (Å²) < 4.78 is 30.5. The van der Waals surface area contributed by atoms with Gasteiger partial charge in [-0.1, -0.05) is 30.3 Å². The Bertz CT molecular complexity index is 598. The molecule has 0 fully saturated rings.